The van der Waals surface area contributed by atoms with Gasteiger partial charge in [-0.2, -0.15) is 5.10 Å². The largest absolute Gasteiger partial charge is 0.352 e. The van der Waals surface area contributed by atoms with E-state index >= 15 is 0 Å². The number of benzene rings is 1. The molecule has 1 N–H and O–H groups in total. The minimum Gasteiger partial charge on any atom is -0.352 e. The summed E-state index contributed by atoms with van der Waals surface area (Å²) in [6, 6.07) is 9.25. The number of fused-ring (bicyclic) bond motifs is 1. The highest BCUT2D eigenvalue weighted by molar-refractivity contribution is 6.30. The molecule has 7 heteroatoms. The first-order valence-corrected chi connectivity index (χ1v) is 8.99. The number of hydrogen-bond acceptors (Lipinski definition) is 4. The Morgan fingerprint density at radius 2 is 1.92 bits per heavy atom. The van der Waals surface area contributed by atoms with Gasteiger partial charge in [0.25, 0.3) is 0 Å². The number of urea groups is 1. The molecule has 2 amide bonds. The molecule has 0 bridgehead atoms. The van der Waals surface area contributed by atoms with E-state index < -0.39 is 0 Å². The molecule has 6 nitrogen and oxygen atoms in total. The summed E-state index contributed by atoms with van der Waals surface area (Å²) in [4.78, 5) is 16.4. The summed E-state index contributed by atoms with van der Waals surface area (Å²) in [6.07, 6.45) is 3.31. The maximum absolute atomic E-state index is 12.4. The summed E-state index contributed by atoms with van der Waals surface area (Å²) in [5, 5.41) is 12.2. The maximum atomic E-state index is 12.4. The number of piperazine rings is 1. The van der Waals surface area contributed by atoms with Crippen LogP contribution in [0.15, 0.2) is 30.3 Å². The second kappa shape index (κ2) is 6.88. The number of aryl methyl sites for hydroxylation is 2. The molecule has 0 spiro atoms. The Balaban J connectivity index is 1.35. The first-order chi connectivity index (χ1) is 12.2. The summed E-state index contributed by atoms with van der Waals surface area (Å²) in [5.74, 6) is 0.926. The van der Waals surface area contributed by atoms with Crippen LogP contribution in [0.4, 0.5) is 16.3 Å². The van der Waals surface area contributed by atoms with Crippen LogP contribution < -0.4 is 10.2 Å². The highest BCUT2D eigenvalue weighted by Gasteiger charge is 2.23. The van der Waals surface area contributed by atoms with Crippen molar-refractivity contribution in [3.63, 3.8) is 0 Å². The van der Waals surface area contributed by atoms with E-state index in [2.05, 4.69) is 26.5 Å². The van der Waals surface area contributed by atoms with Crippen molar-refractivity contribution in [2.24, 2.45) is 0 Å². The Morgan fingerprint density at radius 1 is 1.08 bits per heavy atom. The Bertz CT molecular complexity index is 789. The molecule has 2 aromatic rings. The zero-order valence-electron chi connectivity index (χ0n) is 13.9. The van der Waals surface area contributed by atoms with E-state index in [1.54, 1.807) is 12.1 Å². The van der Waals surface area contributed by atoms with E-state index in [9.17, 15) is 4.79 Å². The van der Waals surface area contributed by atoms with Crippen LogP contribution in [0.5, 0.6) is 0 Å². The lowest BCUT2D eigenvalue weighted by molar-refractivity contribution is 0.208. The van der Waals surface area contributed by atoms with Crippen molar-refractivity contribution in [2.45, 2.75) is 19.3 Å². The fraction of sp³-hybridized carbons (Fsp3) is 0.389. The molecule has 1 aromatic carbocycles. The molecule has 2 heterocycles. The van der Waals surface area contributed by atoms with Crippen molar-refractivity contribution in [1.82, 2.24) is 15.1 Å². The Labute approximate surface area is 151 Å². The molecule has 1 fully saturated rings. The van der Waals surface area contributed by atoms with E-state index in [1.165, 1.54) is 12.0 Å². The van der Waals surface area contributed by atoms with Crippen LogP contribution in [-0.4, -0.2) is 47.3 Å². The van der Waals surface area contributed by atoms with Crippen LogP contribution in [0, 0.1) is 0 Å². The normalized spacial score (nSPS) is 16.7. The third kappa shape index (κ3) is 3.54. The lowest BCUT2D eigenvalue weighted by Crippen LogP contribution is -2.50. The summed E-state index contributed by atoms with van der Waals surface area (Å²) in [5.41, 5.74) is 3.18. The van der Waals surface area contributed by atoms with Crippen molar-refractivity contribution in [2.75, 3.05) is 36.4 Å². The Morgan fingerprint density at radius 3 is 2.72 bits per heavy atom. The predicted molar refractivity (Wildman–Crippen MR) is 98.3 cm³/mol. The van der Waals surface area contributed by atoms with Gasteiger partial charge in [-0.3, -0.25) is 0 Å². The quantitative estimate of drug-likeness (QED) is 0.897. The molecular formula is C18H20ClN5O. The third-order valence-electron chi connectivity index (χ3n) is 4.77. The third-order valence-corrected chi connectivity index (χ3v) is 5.01. The van der Waals surface area contributed by atoms with E-state index in [0.29, 0.717) is 23.8 Å². The molecule has 0 saturated carbocycles. The molecule has 1 saturated heterocycles. The van der Waals surface area contributed by atoms with Crippen LogP contribution in [0.2, 0.25) is 5.02 Å². The molecule has 4 rings (SSSR count). The van der Waals surface area contributed by atoms with Crippen LogP contribution in [0.25, 0.3) is 0 Å². The van der Waals surface area contributed by atoms with E-state index in [1.807, 2.05) is 17.0 Å². The second-order valence-corrected chi connectivity index (χ2v) is 6.88. The number of anilines is 2. The van der Waals surface area contributed by atoms with Gasteiger partial charge in [0.2, 0.25) is 0 Å². The van der Waals surface area contributed by atoms with Gasteiger partial charge in [-0.15, -0.1) is 5.10 Å². The van der Waals surface area contributed by atoms with Crippen molar-refractivity contribution >= 4 is 29.1 Å². The minimum atomic E-state index is -0.0954. The van der Waals surface area contributed by atoms with E-state index in [4.69, 9.17) is 11.6 Å². The predicted octanol–water partition coefficient (Wildman–Crippen LogP) is 2.97. The fourth-order valence-corrected chi connectivity index (χ4v) is 3.57. The zero-order chi connectivity index (χ0) is 17.2. The van der Waals surface area contributed by atoms with Crippen molar-refractivity contribution in [3.05, 3.63) is 46.6 Å². The SMILES string of the molecule is O=C(Nc1cccc(Cl)c1)N1CCN(c2cc3c(nn2)CCC3)CC1. The van der Waals surface area contributed by atoms with Gasteiger partial charge in [-0.25, -0.2) is 4.79 Å². The molecule has 2 aliphatic rings. The number of hydrogen-bond donors (Lipinski definition) is 1. The topological polar surface area (TPSA) is 61.4 Å². The van der Waals surface area contributed by atoms with Gasteiger partial charge in [0.15, 0.2) is 5.82 Å². The second-order valence-electron chi connectivity index (χ2n) is 6.44. The number of carbonyl (C=O) groups excluding carboxylic acids is 1. The first-order valence-electron chi connectivity index (χ1n) is 8.61. The standard InChI is InChI=1S/C18H20ClN5O/c19-14-4-2-5-15(12-14)20-18(25)24-9-7-23(8-10-24)17-11-13-3-1-6-16(13)21-22-17/h2,4-5,11-12H,1,3,6-10H2,(H,20,25). The molecule has 1 aliphatic heterocycles. The van der Waals surface area contributed by atoms with Crippen LogP contribution >= 0.6 is 11.6 Å². The molecular weight excluding hydrogens is 338 g/mol. The molecule has 0 unspecified atom stereocenters. The lowest BCUT2D eigenvalue weighted by Gasteiger charge is -2.35. The monoisotopic (exact) mass is 357 g/mol. The number of carbonyl (C=O) groups is 1. The van der Waals surface area contributed by atoms with Crippen molar-refractivity contribution in [1.29, 1.82) is 0 Å². The van der Waals surface area contributed by atoms with Crippen LogP contribution in [-0.2, 0) is 12.8 Å². The Hall–Kier alpha value is -2.34. The average Bonchev–Trinajstić information content (AvgIpc) is 3.09. The number of amides is 2. The van der Waals surface area contributed by atoms with Gasteiger partial charge in [-0.1, -0.05) is 17.7 Å². The number of nitrogens with one attached hydrogen (secondary N) is 1. The molecule has 130 valence electrons. The van der Waals surface area contributed by atoms with Gasteiger partial charge < -0.3 is 15.1 Å². The maximum Gasteiger partial charge on any atom is 0.321 e. The molecule has 25 heavy (non-hydrogen) atoms. The first kappa shape index (κ1) is 16.1. The average molecular weight is 358 g/mol. The summed E-state index contributed by atoms with van der Waals surface area (Å²) in [6.45, 7) is 2.84. The Kier molecular flexibility index (Phi) is 4.44. The molecule has 1 aromatic heterocycles. The van der Waals surface area contributed by atoms with Crippen LogP contribution in [0.1, 0.15) is 17.7 Å². The minimum absolute atomic E-state index is 0.0954. The number of aromatic nitrogens is 2. The fourth-order valence-electron chi connectivity index (χ4n) is 3.38. The number of nitrogens with zero attached hydrogens (tertiary/aromatic N) is 4. The molecule has 0 radical (unpaired) electrons. The van der Waals surface area contributed by atoms with Crippen LogP contribution in [0.3, 0.4) is 0 Å². The highest BCUT2D eigenvalue weighted by atomic mass is 35.5. The van der Waals surface area contributed by atoms with Gasteiger partial charge >= 0.3 is 6.03 Å². The zero-order valence-corrected chi connectivity index (χ0v) is 14.7. The van der Waals surface area contributed by atoms with Crippen molar-refractivity contribution in [3.8, 4) is 0 Å². The summed E-state index contributed by atoms with van der Waals surface area (Å²) >= 11 is 5.96. The smallest absolute Gasteiger partial charge is 0.321 e. The van der Waals surface area contributed by atoms with E-state index in [0.717, 1.165) is 37.4 Å². The highest BCUT2D eigenvalue weighted by Crippen LogP contribution is 2.23. The van der Waals surface area contributed by atoms with Crippen molar-refractivity contribution < 1.29 is 4.79 Å². The summed E-state index contributed by atoms with van der Waals surface area (Å²) in [7, 11) is 0. The van der Waals surface area contributed by atoms with Gasteiger partial charge in [0.1, 0.15) is 0 Å². The molecule has 0 atom stereocenters. The number of halogens is 1. The van der Waals surface area contributed by atoms with E-state index in [-0.39, 0.29) is 6.03 Å². The van der Waals surface area contributed by atoms with Gasteiger partial charge in [0.05, 0.1) is 5.69 Å². The lowest BCUT2D eigenvalue weighted by atomic mass is 10.2. The van der Waals surface area contributed by atoms with Gasteiger partial charge in [-0.05, 0) is 49.1 Å². The number of rotatable bonds is 2. The summed E-state index contributed by atoms with van der Waals surface area (Å²) < 4.78 is 0. The van der Waals surface area contributed by atoms with Gasteiger partial charge in [0, 0.05) is 36.9 Å². The molecule has 1 aliphatic carbocycles.